The van der Waals surface area contributed by atoms with Crippen LogP contribution in [0.5, 0.6) is 0 Å². The fourth-order valence-corrected chi connectivity index (χ4v) is 8.19. The van der Waals surface area contributed by atoms with Crippen LogP contribution in [-0.2, 0) is 4.57 Å². The highest BCUT2D eigenvalue weighted by Gasteiger charge is 2.34. The minimum absolute atomic E-state index is 0.861. The van der Waals surface area contributed by atoms with E-state index in [2.05, 4.69) is 80.6 Å². The molecular formula is C34H29OP. The number of benzene rings is 5. The first-order chi connectivity index (χ1) is 17.6. The zero-order chi connectivity index (χ0) is 25.0. The predicted molar refractivity (Wildman–Crippen MR) is 155 cm³/mol. The molecule has 0 N–H and O–H groups in total. The molecule has 0 aliphatic carbocycles. The van der Waals surface area contributed by atoms with Crippen molar-refractivity contribution in [2.45, 2.75) is 13.8 Å². The van der Waals surface area contributed by atoms with Gasteiger partial charge in [-0.05, 0) is 53.3 Å². The molecule has 0 amide bonds. The van der Waals surface area contributed by atoms with Crippen molar-refractivity contribution in [1.29, 1.82) is 0 Å². The Morgan fingerprint density at radius 3 is 1.53 bits per heavy atom. The van der Waals surface area contributed by atoms with Crippen LogP contribution in [-0.4, -0.2) is 0 Å². The Morgan fingerprint density at radius 1 is 0.528 bits per heavy atom. The molecule has 0 aliphatic heterocycles. The normalized spacial score (nSPS) is 11.9. The molecule has 0 saturated carbocycles. The predicted octanol–water partition coefficient (Wildman–Crippen LogP) is 7.53. The molecule has 36 heavy (non-hydrogen) atoms. The van der Waals surface area contributed by atoms with Crippen LogP contribution < -0.4 is 15.9 Å². The topological polar surface area (TPSA) is 17.1 Å². The van der Waals surface area contributed by atoms with E-state index in [1.807, 2.05) is 72.8 Å². The van der Waals surface area contributed by atoms with Gasteiger partial charge in [-0.3, -0.25) is 0 Å². The lowest BCUT2D eigenvalue weighted by Gasteiger charge is -2.26. The lowest BCUT2D eigenvalue weighted by Crippen LogP contribution is -2.30. The summed E-state index contributed by atoms with van der Waals surface area (Å²) in [7, 11) is -3.21. The van der Waals surface area contributed by atoms with Crippen LogP contribution >= 0.6 is 7.14 Å². The second kappa shape index (κ2) is 10.4. The molecule has 5 aromatic carbocycles. The van der Waals surface area contributed by atoms with Gasteiger partial charge >= 0.3 is 0 Å². The molecule has 0 atom stereocenters. The number of hydrogen-bond donors (Lipinski definition) is 0. The van der Waals surface area contributed by atoms with Gasteiger partial charge in [0.1, 0.15) is 0 Å². The zero-order valence-electron chi connectivity index (χ0n) is 20.6. The molecule has 0 heterocycles. The number of rotatable bonds is 6. The Morgan fingerprint density at radius 2 is 0.972 bits per heavy atom. The van der Waals surface area contributed by atoms with Gasteiger partial charge in [-0.25, -0.2) is 0 Å². The van der Waals surface area contributed by atoms with Crippen molar-refractivity contribution < 1.29 is 4.57 Å². The first-order valence-corrected chi connectivity index (χ1v) is 13.9. The first-order valence-electron chi connectivity index (χ1n) is 12.2. The standard InChI is InChI=1S/C34H29OP/c1-26-15-9-12-22-32(26)36(35,33-23-13-10-16-27(33)2)34-24-14-11-21-30(34)31(29-19-7-4-8-20-29)25-28-17-5-3-6-18-28/h3-25H,1-2H3/b31-25+. The highest BCUT2D eigenvalue weighted by Crippen LogP contribution is 2.46. The molecule has 0 aromatic heterocycles. The van der Waals surface area contributed by atoms with E-state index >= 15 is 4.57 Å². The molecule has 5 aromatic rings. The highest BCUT2D eigenvalue weighted by molar-refractivity contribution is 7.85. The molecule has 0 spiro atoms. The third kappa shape index (κ3) is 4.51. The number of aryl methyl sites for hydroxylation is 2. The summed E-state index contributed by atoms with van der Waals surface area (Å²) in [5.74, 6) is 0. The molecule has 1 nitrogen and oxygen atoms in total. The molecule has 2 heteroatoms. The minimum atomic E-state index is -3.21. The van der Waals surface area contributed by atoms with Gasteiger partial charge < -0.3 is 4.57 Å². The molecule has 0 fully saturated rings. The van der Waals surface area contributed by atoms with E-state index in [0.717, 1.165) is 49.3 Å². The van der Waals surface area contributed by atoms with Crippen LogP contribution in [0.2, 0.25) is 0 Å². The van der Waals surface area contributed by atoms with E-state index in [1.165, 1.54) is 0 Å². The Kier molecular flexibility index (Phi) is 6.85. The Bertz CT molecular complexity index is 1520. The molecular weight excluding hydrogens is 455 g/mol. The summed E-state index contributed by atoms with van der Waals surface area (Å²) in [5.41, 5.74) is 6.31. The van der Waals surface area contributed by atoms with Crippen molar-refractivity contribution in [3.63, 3.8) is 0 Å². The smallest absolute Gasteiger partial charge is 0.172 e. The monoisotopic (exact) mass is 484 g/mol. The van der Waals surface area contributed by atoms with E-state index in [-0.39, 0.29) is 0 Å². The molecule has 5 rings (SSSR count). The summed E-state index contributed by atoms with van der Waals surface area (Å²) in [6.07, 6.45) is 2.20. The summed E-state index contributed by atoms with van der Waals surface area (Å²) in [6.45, 7) is 4.11. The van der Waals surface area contributed by atoms with Crippen molar-refractivity contribution in [2.24, 2.45) is 0 Å². The van der Waals surface area contributed by atoms with Crippen molar-refractivity contribution in [3.8, 4) is 0 Å². The second-order valence-corrected chi connectivity index (χ2v) is 11.7. The van der Waals surface area contributed by atoms with Crippen molar-refractivity contribution >= 4 is 34.7 Å². The van der Waals surface area contributed by atoms with Crippen molar-refractivity contribution in [3.05, 3.63) is 161 Å². The van der Waals surface area contributed by atoms with Gasteiger partial charge in [0.05, 0.1) is 0 Å². The quantitative estimate of drug-likeness (QED) is 0.180. The third-order valence-corrected chi connectivity index (χ3v) is 10.1. The van der Waals surface area contributed by atoms with E-state index in [9.17, 15) is 0 Å². The van der Waals surface area contributed by atoms with Crippen LogP contribution in [0.3, 0.4) is 0 Å². The minimum Gasteiger partial charge on any atom is -0.309 e. The van der Waals surface area contributed by atoms with Crippen LogP contribution in [0, 0.1) is 13.8 Å². The van der Waals surface area contributed by atoms with Crippen LogP contribution in [0.15, 0.2) is 133 Å². The Hall–Kier alpha value is -3.93. The molecule has 0 saturated heterocycles. The maximum Gasteiger partial charge on any atom is 0.172 e. The van der Waals surface area contributed by atoms with E-state index < -0.39 is 7.14 Å². The molecule has 0 radical (unpaired) electrons. The maximum absolute atomic E-state index is 15.6. The summed E-state index contributed by atoms with van der Waals surface area (Å²) in [4.78, 5) is 0. The Labute approximate surface area is 214 Å². The summed E-state index contributed by atoms with van der Waals surface area (Å²) < 4.78 is 15.6. The van der Waals surface area contributed by atoms with E-state index in [1.54, 1.807) is 0 Å². The van der Waals surface area contributed by atoms with E-state index in [4.69, 9.17) is 0 Å². The van der Waals surface area contributed by atoms with E-state index in [0.29, 0.717) is 0 Å². The second-order valence-electron chi connectivity index (χ2n) is 9.03. The highest BCUT2D eigenvalue weighted by atomic mass is 31.2. The van der Waals surface area contributed by atoms with Gasteiger partial charge in [-0.15, -0.1) is 0 Å². The van der Waals surface area contributed by atoms with Gasteiger partial charge in [0.25, 0.3) is 0 Å². The molecule has 0 bridgehead atoms. The van der Waals surface area contributed by atoms with Crippen molar-refractivity contribution in [2.75, 3.05) is 0 Å². The SMILES string of the molecule is Cc1ccccc1P(=O)(c1ccccc1C)c1ccccc1/C(=C/c1ccccc1)c1ccccc1. The molecule has 0 aliphatic rings. The van der Waals surface area contributed by atoms with Gasteiger partial charge in [0.2, 0.25) is 0 Å². The fourth-order valence-electron chi connectivity index (χ4n) is 4.85. The maximum atomic E-state index is 15.6. The van der Waals surface area contributed by atoms with Crippen LogP contribution in [0.1, 0.15) is 27.8 Å². The molecule has 176 valence electrons. The lowest BCUT2D eigenvalue weighted by molar-refractivity contribution is 0.592. The average Bonchev–Trinajstić information content (AvgIpc) is 2.93. The van der Waals surface area contributed by atoms with Gasteiger partial charge in [-0.2, -0.15) is 0 Å². The van der Waals surface area contributed by atoms with Crippen LogP contribution in [0.4, 0.5) is 0 Å². The summed E-state index contributed by atoms with van der Waals surface area (Å²) >= 11 is 0. The van der Waals surface area contributed by atoms with Crippen molar-refractivity contribution in [1.82, 2.24) is 0 Å². The number of hydrogen-bond acceptors (Lipinski definition) is 1. The van der Waals surface area contributed by atoms with Gasteiger partial charge in [-0.1, -0.05) is 133 Å². The Balaban J connectivity index is 1.85. The van der Waals surface area contributed by atoms with Crippen LogP contribution in [0.25, 0.3) is 11.6 Å². The largest absolute Gasteiger partial charge is 0.309 e. The molecule has 0 unspecified atom stereocenters. The lowest BCUT2D eigenvalue weighted by atomic mass is 9.95. The summed E-state index contributed by atoms with van der Waals surface area (Å²) in [6, 6.07) is 45.1. The van der Waals surface area contributed by atoms with Gasteiger partial charge in [0, 0.05) is 15.9 Å². The van der Waals surface area contributed by atoms with Gasteiger partial charge in [0.15, 0.2) is 7.14 Å². The zero-order valence-corrected chi connectivity index (χ0v) is 21.5. The first kappa shape index (κ1) is 23.8. The third-order valence-electron chi connectivity index (χ3n) is 6.64. The summed E-state index contributed by atoms with van der Waals surface area (Å²) in [5, 5.41) is 2.64. The average molecular weight is 485 g/mol. The fraction of sp³-hybridized carbons (Fsp3) is 0.0588.